The van der Waals surface area contributed by atoms with Gasteiger partial charge in [0.1, 0.15) is 0 Å². The average molecular weight is 225 g/mol. The van der Waals surface area contributed by atoms with Gasteiger partial charge in [-0.15, -0.1) is 0 Å². The second-order valence-corrected chi connectivity index (χ2v) is 5.82. The highest BCUT2D eigenvalue weighted by molar-refractivity contribution is 5.77. The lowest BCUT2D eigenvalue weighted by Crippen LogP contribution is -2.63. The van der Waals surface area contributed by atoms with Crippen molar-refractivity contribution in [3.05, 3.63) is 0 Å². The van der Waals surface area contributed by atoms with Gasteiger partial charge in [0, 0.05) is 12.1 Å². The van der Waals surface area contributed by atoms with Gasteiger partial charge in [-0.05, 0) is 38.5 Å². The van der Waals surface area contributed by atoms with E-state index in [4.69, 9.17) is 0 Å². The van der Waals surface area contributed by atoms with E-state index in [9.17, 15) is 15.0 Å². The lowest BCUT2D eigenvalue weighted by Gasteiger charge is -2.53. The molecule has 0 aromatic carbocycles. The number of nitrogens with one attached hydrogen (secondary N) is 1. The van der Waals surface area contributed by atoms with Crippen molar-refractivity contribution >= 4 is 5.97 Å². The quantitative estimate of drug-likeness (QED) is 0.652. The first kappa shape index (κ1) is 10.5. The maximum absolute atomic E-state index is 11.5. The molecule has 1 saturated carbocycles. The van der Waals surface area contributed by atoms with Crippen LogP contribution in [-0.4, -0.2) is 33.9 Å². The second-order valence-electron chi connectivity index (χ2n) is 5.82. The van der Waals surface area contributed by atoms with Gasteiger partial charge >= 0.3 is 5.97 Å². The number of piperidine rings is 1. The molecule has 0 aromatic heterocycles. The molecule has 3 aliphatic rings. The van der Waals surface area contributed by atoms with Crippen LogP contribution in [-0.2, 0) is 4.79 Å². The first-order chi connectivity index (χ1) is 7.56. The second kappa shape index (κ2) is 3.20. The summed E-state index contributed by atoms with van der Waals surface area (Å²) in [6, 6.07) is 0.668. The molecule has 2 unspecified atom stereocenters. The molecule has 90 valence electrons. The standard InChI is InChI=1S/C12H19NO3/c14-10(15)11(4-1-5-11)12(16)6-8-2-3-9(7-12)13-8/h8-9,13,16H,1-7H2,(H,14,15). The fraction of sp³-hybridized carbons (Fsp3) is 0.917. The van der Waals surface area contributed by atoms with Crippen LogP contribution >= 0.6 is 0 Å². The highest BCUT2D eigenvalue weighted by Gasteiger charge is 2.62. The molecule has 2 heterocycles. The van der Waals surface area contributed by atoms with Crippen molar-refractivity contribution in [3.63, 3.8) is 0 Å². The number of aliphatic carboxylic acids is 1. The van der Waals surface area contributed by atoms with Crippen molar-refractivity contribution < 1.29 is 15.0 Å². The Labute approximate surface area is 95.0 Å². The molecule has 4 heteroatoms. The predicted octanol–water partition coefficient (Wildman–Crippen LogP) is 0.887. The minimum Gasteiger partial charge on any atom is -0.481 e. The minimum atomic E-state index is -0.964. The van der Waals surface area contributed by atoms with Crippen molar-refractivity contribution in [2.24, 2.45) is 5.41 Å². The summed E-state index contributed by atoms with van der Waals surface area (Å²) in [6.07, 6.45) is 5.66. The van der Waals surface area contributed by atoms with Crippen LogP contribution in [0.25, 0.3) is 0 Å². The molecule has 3 rings (SSSR count). The summed E-state index contributed by atoms with van der Waals surface area (Å²) in [5.74, 6) is -0.789. The maximum atomic E-state index is 11.5. The number of carbonyl (C=O) groups is 1. The fourth-order valence-corrected chi connectivity index (χ4v) is 3.92. The summed E-state index contributed by atoms with van der Waals surface area (Å²) in [5, 5.41) is 23.6. The van der Waals surface area contributed by atoms with E-state index in [1.165, 1.54) is 0 Å². The van der Waals surface area contributed by atoms with E-state index in [0.717, 1.165) is 19.3 Å². The molecule has 2 bridgehead atoms. The van der Waals surface area contributed by atoms with Crippen LogP contribution in [0.3, 0.4) is 0 Å². The number of fused-ring (bicyclic) bond motifs is 2. The Bertz CT molecular complexity index is 312. The number of carboxylic acids is 1. The Kier molecular flexibility index (Phi) is 2.11. The summed E-state index contributed by atoms with van der Waals surface area (Å²) in [5.41, 5.74) is -1.80. The van der Waals surface area contributed by atoms with Crippen molar-refractivity contribution in [1.82, 2.24) is 5.32 Å². The molecule has 0 radical (unpaired) electrons. The number of hydrogen-bond donors (Lipinski definition) is 3. The molecule has 1 aliphatic carbocycles. The summed E-state index contributed by atoms with van der Waals surface area (Å²) < 4.78 is 0. The van der Waals surface area contributed by atoms with E-state index >= 15 is 0 Å². The molecular formula is C12H19NO3. The van der Waals surface area contributed by atoms with E-state index in [-0.39, 0.29) is 0 Å². The summed E-state index contributed by atoms with van der Waals surface area (Å²) in [7, 11) is 0. The number of aliphatic hydroxyl groups is 1. The van der Waals surface area contributed by atoms with Gasteiger partial charge in [0.25, 0.3) is 0 Å². The minimum absolute atomic E-state index is 0.334. The smallest absolute Gasteiger partial charge is 0.312 e. The van der Waals surface area contributed by atoms with Crippen molar-refractivity contribution in [3.8, 4) is 0 Å². The maximum Gasteiger partial charge on any atom is 0.312 e. The van der Waals surface area contributed by atoms with Crippen LogP contribution in [0.4, 0.5) is 0 Å². The molecule has 4 nitrogen and oxygen atoms in total. The zero-order chi connectivity index (χ0) is 11.4. The highest BCUT2D eigenvalue weighted by Crippen LogP contribution is 2.55. The number of rotatable bonds is 2. The normalized spacial score (nSPS) is 45.1. The summed E-state index contributed by atoms with van der Waals surface area (Å²) in [4.78, 5) is 11.5. The first-order valence-corrected chi connectivity index (χ1v) is 6.28. The summed E-state index contributed by atoms with van der Waals surface area (Å²) in [6.45, 7) is 0. The number of hydrogen-bond acceptors (Lipinski definition) is 3. The molecule has 0 spiro atoms. The third kappa shape index (κ3) is 1.20. The van der Waals surface area contributed by atoms with Gasteiger partial charge in [0.15, 0.2) is 0 Å². The first-order valence-electron chi connectivity index (χ1n) is 6.28. The Morgan fingerprint density at radius 1 is 1.19 bits per heavy atom. The molecule has 2 saturated heterocycles. The van der Waals surface area contributed by atoms with Gasteiger partial charge < -0.3 is 15.5 Å². The largest absolute Gasteiger partial charge is 0.481 e. The lowest BCUT2D eigenvalue weighted by molar-refractivity contribution is -0.192. The molecule has 16 heavy (non-hydrogen) atoms. The lowest BCUT2D eigenvalue weighted by atomic mass is 9.55. The van der Waals surface area contributed by atoms with E-state index in [0.29, 0.717) is 37.8 Å². The van der Waals surface area contributed by atoms with E-state index < -0.39 is 17.0 Å². The third-order valence-electron chi connectivity index (χ3n) is 5.01. The molecular weight excluding hydrogens is 206 g/mol. The Hall–Kier alpha value is -0.610. The van der Waals surface area contributed by atoms with Crippen molar-refractivity contribution in [2.75, 3.05) is 0 Å². The van der Waals surface area contributed by atoms with E-state index in [1.54, 1.807) is 0 Å². The van der Waals surface area contributed by atoms with Gasteiger partial charge in [-0.1, -0.05) is 6.42 Å². The Morgan fingerprint density at radius 3 is 2.12 bits per heavy atom. The zero-order valence-corrected chi connectivity index (χ0v) is 9.41. The average Bonchev–Trinajstić information content (AvgIpc) is 2.42. The molecule has 2 aliphatic heterocycles. The van der Waals surface area contributed by atoms with Crippen LogP contribution in [0.15, 0.2) is 0 Å². The van der Waals surface area contributed by atoms with Gasteiger partial charge in [0.2, 0.25) is 0 Å². The SMILES string of the molecule is O=C(O)C1(C2(O)CC3CCC(C2)N3)CCC1. The van der Waals surface area contributed by atoms with Crippen LogP contribution in [0.5, 0.6) is 0 Å². The van der Waals surface area contributed by atoms with Gasteiger partial charge in [-0.3, -0.25) is 4.79 Å². The molecule has 3 N–H and O–H groups in total. The van der Waals surface area contributed by atoms with Crippen LogP contribution < -0.4 is 5.32 Å². The molecule has 0 amide bonds. The van der Waals surface area contributed by atoms with Gasteiger partial charge in [-0.25, -0.2) is 0 Å². The van der Waals surface area contributed by atoms with Crippen LogP contribution in [0.1, 0.15) is 44.9 Å². The fourth-order valence-electron chi connectivity index (χ4n) is 3.92. The van der Waals surface area contributed by atoms with E-state index in [2.05, 4.69) is 5.32 Å². The van der Waals surface area contributed by atoms with Crippen LogP contribution in [0.2, 0.25) is 0 Å². The van der Waals surface area contributed by atoms with Gasteiger partial charge in [-0.2, -0.15) is 0 Å². The number of carboxylic acid groups (broad SMARTS) is 1. The highest BCUT2D eigenvalue weighted by atomic mass is 16.4. The third-order valence-corrected chi connectivity index (χ3v) is 5.01. The Balaban J connectivity index is 1.89. The molecule has 0 aromatic rings. The topological polar surface area (TPSA) is 69.6 Å². The van der Waals surface area contributed by atoms with Crippen molar-refractivity contribution in [2.45, 2.75) is 62.6 Å². The zero-order valence-electron chi connectivity index (χ0n) is 9.41. The van der Waals surface area contributed by atoms with E-state index in [1.807, 2.05) is 0 Å². The molecule has 2 atom stereocenters. The van der Waals surface area contributed by atoms with Crippen LogP contribution in [0, 0.1) is 5.41 Å². The van der Waals surface area contributed by atoms with Crippen molar-refractivity contribution in [1.29, 1.82) is 0 Å². The predicted molar refractivity (Wildman–Crippen MR) is 58.0 cm³/mol. The summed E-state index contributed by atoms with van der Waals surface area (Å²) >= 11 is 0. The monoisotopic (exact) mass is 225 g/mol. The Morgan fingerprint density at radius 2 is 1.75 bits per heavy atom. The molecule has 3 fully saturated rings. The van der Waals surface area contributed by atoms with Gasteiger partial charge in [0.05, 0.1) is 11.0 Å².